The van der Waals surface area contributed by atoms with Gasteiger partial charge in [-0.2, -0.15) is 0 Å². The average molecular weight is 334 g/mol. The van der Waals surface area contributed by atoms with E-state index in [1.165, 1.54) is 6.08 Å². The van der Waals surface area contributed by atoms with E-state index in [1.807, 2.05) is 19.2 Å². The second-order valence-electron chi connectivity index (χ2n) is 5.35. The summed E-state index contributed by atoms with van der Waals surface area (Å²) in [5, 5.41) is 4.39. The Morgan fingerprint density at radius 3 is 2.46 bits per heavy atom. The number of nitrogens with one attached hydrogen (secondary N) is 2. The standard InChI is InChI=1S/C17H22N2O5/c1-4-9-18-17(22)19-15(20)11-24-16(21)13-5-7-14(8-6-13)23-10-12(2)3/h4-8,12H,1,9-11H2,2-3H3,(H2,18,19,20,22). The van der Waals surface area contributed by atoms with Gasteiger partial charge in [-0.1, -0.05) is 19.9 Å². The molecule has 0 spiro atoms. The highest BCUT2D eigenvalue weighted by Gasteiger charge is 2.12. The predicted octanol–water partition coefficient (Wildman–Crippen LogP) is 1.89. The van der Waals surface area contributed by atoms with Crippen molar-refractivity contribution in [3.8, 4) is 5.75 Å². The number of hydrogen-bond donors (Lipinski definition) is 2. The van der Waals surface area contributed by atoms with E-state index < -0.39 is 24.5 Å². The van der Waals surface area contributed by atoms with Crippen LogP contribution in [0.4, 0.5) is 4.79 Å². The summed E-state index contributed by atoms with van der Waals surface area (Å²) in [6.07, 6.45) is 1.47. The van der Waals surface area contributed by atoms with Gasteiger partial charge in [-0.05, 0) is 30.2 Å². The lowest BCUT2D eigenvalue weighted by Crippen LogP contribution is -2.41. The van der Waals surface area contributed by atoms with E-state index in [2.05, 4.69) is 11.9 Å². The third kappa shape index (κ3) is 7.44. The minimum Gasteiger partial charge on any atom is -0.493 e. The Bertz CT molecular complexity index is 581. The van der Waals surface area contributed by atoms with Gasteiger partial charge in [0, 0.05) is 6.54 Å². The van der Waals surface area contributed by atoms with Gasteiger partial charge in [0.25, 0.3) is 5.91 Å². The van der Waals surface area contributed by atoms with E-state index in [0.717, 1.165) is 0 Å². The lowest BCUT2D eigenvalue weighted by Gasteiger charge is -2.09. The molecule has 24 heavy (non-hydrogen) atoms. The highest BCUT2D eigenvalue weighted by molar-refractivity contribution is 5.97. The first-order valence-corrected chi connectivity index (χ1v) is 7.51. The lowest BCUT2D eigenvalue weighted by molar-refractivity contribution is -0.123. The molecule has 0 atom stereocenters. The number of benzene rings is 1. The summed E-state index contributed by atoms with van der Waals surface area (Å²) < 4.78 is 10.3. The molecule has 0 saturated carbocycles. The fourth-order valence-electron chi connectivity index (χ4n) is 1.54. The van der Waals surface area contributed by atoms with Gasteiger partial charge in [0.2, 0.25) is 0 Å². The van der Waals surface area contributed by atoms with Gasteiger partial charge < -0.3 is 14.8 Å². The number of ether oxygens (including phenoxy) is 2. The Morgan fingerprint density at radius 2 is 1.88 bits per heavy atom. The van der Waals surface area contributed by atoms with Crippen LogP contribution in [0.1, 0.15) is 24.2 Å². The molecule has 0 bridgehead atoms. The zero-order chi connectivity index (χ0) is 17.9. The molecule has 0 heterocycles. The molecule has 1 aromatic rings. The number of imide groups is 1. The molecule has 7 heteroatoms. The van der Waals surface area contributed by atoms with Crippen molar-refractivity contribution >= 4 is 17.9 Å². The van der Waals surface area contributed by atoms with Crippen LogP contribution in [0.2, 0.25) is 0 Å². The fourth-order valence-corrected chi connectivity index (χ4v) is 1.54. The van der Waals surface area contributed by atoms with E-state index in [1.54, 1.807) is 24.3 Å². The van der Waals surface area contributed by atoms with Gasteiger partial charge in [-0.25, -0.2) is 9.59 Å². The minimum atomic E-state index is -0.721. The van der Waals surface area contributed by atoms with Crippen LogP contribution < -0.4 is 15.4 Å². The predicted molar refractivity (Wildman–Crippen MR) is 88.8 cm³/mol. The second kappa shape index (κ2) is 10.0. The average Bonchev–Trinajstić information content (AvgIpc) is 2.56. The summed E-state index contributed by atoms with van der Waals surface area (Å²) in [7, 11) is 0. The van der Waals surface area contributed by atoms with Gasteiger partial charge in [0.15, 0.2) is 6.61 Å². The zero-order valence-electron chi connectivity index (χ0n) is 13.8. The molecule has 0 unspecified atom stereocenters. The number of urea groups is 1. The molecule has 0 aliphatic rings. The van der Waals surface area contributed by atoms with Crippen molar-refractivity contribution in [2.45, 2.75) is 13.8 Å². The van der Waals surface area contributed by atoms with E-state index in [9.17, 15) is 14.4 Å². The number of esters is 1. The molecule has 1 aromatic carbocycles. The monoisotopic (exact) mass is 334 g/mol. The topological polar surface area (TPSA) is 93.7 Å². The van der Waals surface area contributed by atoms with Crippen LogP contribution in [-0.4, -0.2) is 37.7 Å². The highest BCUT2D eigenvalue weighted by Crippen LogP contribution is 2.13. The molecule has 3 amide bonds. The molecule has 7 nitrogen and oxygen atoms in total. The summed E-state index contributed by atoms with van der Waals surface area (Å²) in [5.74, 6) is -0.331. The molecule has 0 saturated heterocycles. The van der Waals surface area contributed by atoms with Crippen molar-refractivity contribution in [2.75, 3.05) is 19.8 Å². The van der Waals surface area contributed by atoms with E-state index in [-0.39, 0.29) is 12.1 Å². The van der Waals surface area contributed by atoms with Crippen LogP contribution in [0.5, 0.6) is 5.75 Å². The third-order valence-corrected chi connectivity index (χ3v) is 2.67. The van der Waals surface area contributed by atoms with Gasteiger partial charge in [-0.3, -0.25) is 10.1 Å². The maximum Gasteiger partial charge on any atom is 0.338 e. The van der Waals surface area contributed by atoms with Crippen LogP contribution in [0.25, 0.3) is 0 Å². The van der Waals surface area contributed by atoms with Crippen molar-refractivity contribution in [3.05, 3.63) is 42.5 Å². The Morgan fingerprint density at radius 1 is 1.21 bits per heavy atom. The summed E-state index contributed by atoms with van der Waals surface area (Å²) >= 11 is 0. The van der Waals surface area contributed by atoms with Crippen LogP contribution in [0.3, 0.4) is 0 Å². The Labute approximate surface area is 141 Å². The maximum absolute atomic E-state index is 11.8. The molecule has 2 N–H and O–H groups in total. The number of rotatable bonds is 8. The first kappa shape index (κ1) is 19.2. The molecule has 0 aromatic heterocycles. The van der Waals surface area contributed by atoms with E-state index >= 15 is 0 Å². The summed E-state index contributed by atoms with van der Waals surface area (Å²) in [6.45, 7) is 7.76. The zero-order valence-corrected chi connectivity index (χ0v) is 13.8. The number of carbonyl (C=O) groups is 3. The molecule has 0 aliphatic carbocycles. The van der Waals surface area contributed by atoms with E-state index in [4.69, 9.17) is 9.47 Å². The molecule has 0 radical (unpaired) electrons. The van der Waals surface area contributed by atoms with Crippen LogP contribution in [0.15, 0.2) is 36.9 Å². The van der Waals surface area contributed by atoms with Crippen LogP contribution >= 0.6 is 0 Å². The second-order valence-corrected chi connectivity index (χ2v) is 5.35. The van der Waals surface area contributed by atoms with Gasteiger partial charge in [0.1, 0.15) is 5.75 Å². The first-order valence-electron chi connectivity index (χ1n) is 7.51. The highest BCUT2D eigenvalue weighted by atomic mass is 16.5. The molecule has 1 rings (SSSR count). The van der Waals surface area contributed by atoms with Crippen molar-refractivity contribution in [3.63, 3.8) is 0 Å². The van der Waals surface area contributed by atoms with E-state index in [0.29, 0.717) is 18.3 Å². The lowest BCUT2D eigenvalue weighted by atomic mass is 10.2. The SMILES string of the molecule is C=CCNC(=O)NC(=O)COC(=O)c1ccc(OCC(C)C)cc1. The normalized spacial score (nSPS) is 9.96. The quantitative estimate of drug-likeness (QED) is 0.559. The first-order chi connectivity index (χ1) is 11.4. The number of hydrogen-bond acceptors (Lipinski definition) is 5. The third-order valence-electron chi connectivity index (χ3n) is 2.67. The molecule has 130 valence electrons. The molecule has 0 aliphatic heterocycles. The summed E-state index contributed by atoms with van der Waals surface area (Å²) in [4.78, 5) is 34.5. The number of amides is 3. The van der Waals surface area contributed by atoms with Crippen molar-refractivity contribution < 1.29 is 23.9 Å². The van der Waals surface area contributed by atoms with Gasteiger partial charge in [0.05, 0.1) is 12.2 Å². The van der Waals surface area contributed by atoms with Crippen molar-refractivity contribution in [2.24, 2.45) is 5.92 Å². The van der Waals surface area contributed by atoms with Gasteiger partial charge >= 0.3 is 12.0 Å². The number of carbonyl (C=O) groups excluding carboxylic acids is 3. The Balaban J connectivity index is 2.40. The van der Waals surface area contributed by atoms with Crippen LogP contribution in [0, 0.1) is 5.92 Å². The summed E-state index contributed by atoms with van der Waals surface area (Å²) in [6, 6.07) is 5.73. The smallest absolute Gasteiger partial charge is 0.338 e. The van der Waals surface area contributed by atoms with Crippen molar-refractivity contribution in [1.82, 2.24) is 10.6 Å². The fraction of sp³-hybridized carbons (Fsp3) is 0.353. The maximum atomic E-state index is 11.8. The minimum absolute atomic E-state index is 0.226. The molecular weight excluding hydrogens is 312 g/mol. The molecular formula is C17H22N2O5. The summed E-state index contributed by atoms with van der Waals surface area (Å²) in [5.41, 5.74) is 0.288. The Kier molecular flexibility index (Phi) is 8.04. The largest absolute Gasteiger partial charge is 0.493 e. The Hall–Kier alpha value is -2.83. The van der Waals surface area contributed by atoms with Crippen LogP contribution in [-0.2, 0) is 9.53 Å². The molecule has 0 fully saturated rings. The van der Waals surface area contributed by atoms with Crippen molar-refractivity contribution in [1.29, 1.82) is 0 Å². The van der Waals surface area contributed by atoms with Gasteiger partial charge in [-0.15, -0.1) is 6.58 Å².